The van der Waals surface area contributed by atoms with E-state index in [0.29, 0.717) is 19.4 Å². The molecule has 1 saturated heterocycles. The average molecular weight is 652 g/mol. The third-order valence-corrected chi connectivity index (χ3v) is 13.5. The van der Waals surface area contributed by atoms with Crippen molar-refractivity contribution in [3.05, 3.63) is 96.6 Å². The Labute approximate surface area is 257 Å². The van der Waals surface area contributed by atoms with Gasteiger partial charge in [-0.15, -0.1) is 0 Å². The molecule has 222 valence electrons. The Morgan fingerprint density at radius 2 is 1.38 bits per heavy atom. The summed E-state index contributed by atoms with van der Waals surface area (Å²) in [5, 5.41) is 5.02. The summed E-state index contributed by atoms with van der Waals surface area (Å²) in [6.45, 7) is 7.26. The van der Waals surface area contributed by atoms with Gasteiger partial charge in [-0.25, -0.2) is 4.79 Å². The smallest absolute Gasteiger partial charge is 0.409 e. The number of likely N-dealkylation sites (tertiary alicyclic amines) is 1. The summed E-state index contributed by atoms with van der Waals surface area (Å²) >= 11 is 3.68. The van der Waals surface area contributed by atoms with Gasteiger partial charge in [-0.1, -0.05) is 128 Å². The molecule has 2 atom stereocenters. The topological polar surface area (TPSA) is 84.9 Å². The van der Waals surface area contributed by atoms with Gasteiger partial charge in [0.1, 0.15) is 12.8 Å². The van der Waals surface area contributed by atoms with Gasteiger partial charge < -0.3 is 9.16 Å². The van der Waals surface area contributed by atoms with Crippen molar-refractivity contribution in [2.24, 2.45) is 0 Å². The number of ether oxygens (including phenoxy) is 1. The molecule has 0 radical (unpaired) electrons. The molecule has 9 heteroatoms. The van der Waals surface area contributed by atoms with E-state index in [1.165, 1.54) is 10.4 Å². The van der Waals surface area contributed by atoms with E-state index < -0.39 is 25.4 Å². The Morgan fingerprint density at radius 1 is 0.881 bits per heavy atom. The van der Waals surface area contributed by atoms with Crippen LogP contribution in [0, 0.1) is 0 Å². The first-order valence-corrected chi connectivity index (χ1v) is 17.2. The predicted octanol–water partition coefficient (Wildman–Crippen LogP) is 5.51. The van der Waals surface area contributed by atoms with Crippen LogP contribution in [-0.4, -0.2) is 48.7 Å². The number of nitrogens with one attached hydrogen (secondary N) is 1. The summed E-state index contributed by atoms with van der Waals surface area (Å²) in [6, 6.07) is 30.2. The molecule has 0 unspecified atom stereocenters. The van der Waals surface area contributed by atoms with Crippen LogP contribution >= 0.6 is 15.9 Å². The highest BCUT2D eigenvalue weighted by Gasteiger charge is 2.50. The van der Waals surface area contributed by atoms with Crippen LogP contribution in [0.4, 0.5) is 4.79 Å². The van der Waals surface area contributed by atoms with E-state index in [0.717, 1.165) is 10.5 Å². The monoisotopic (exact) mass is 650 g/mol. The standard InChI is InChI=1S/C33H39BrN2O5Si/c1-33(2,3)42(26-16-9-5-10-17-26,27-18-11-6-12-19-27)41-23-13-20-28(34)31(36-29(37)21-22-30(36)38)35-32(39)40-24-25-14-7-4-8-15-25/h4-12,14-19,28,31H,13,20-24H2,1-3H3,(H,35,39)/t28-,31+/m0/s1. The number of nitrogens with zero attached hydrogens (tertiary/aromatic N) is 1. The van der Waals surface area contributed by atoms with E-state index in [1.54, 1.807) is 0 Å². The number of benzene rings is 3. The van der Waals surface area contributed by atoms with Crippen molar-refractivity contribution in [1.82, 2.24) is 10.2 Å². The first kappa shape index (κ1) is 31.7. The second-order valence-electron chi connectivity index (χ2n) is 11.5. The summed E-state index contributed by atoms with van der Waals surface area (Å²) in [5.41, 5.74) is 0.841. The molecule has 42 heavy (non-hydrogen) atoms. The van der Waals surface area contributed by atoms with Crippen LogP contribution < -0.4 is 15.7 Å². The van der Waals surface area contributed by atoms with Gasteiger partial charge in [0.15, 0.2) is 0 Å². The van der Waals surface area contributed by atoms with Crippen molar-refractivity contribution >= 4 is 52.5 Å². The molecule has 1 heterocycles. The van der Waals surface area contributed by atoms with Crippen molar-refractivity contribution in [3.63, 3.8) is 0 Å². The number of alkyl carbamates (subject to hydrolysis) is 1. The minimum Gasteiger partial charge on any atom is -0.445 e. The van der Waals surface area contributed by atoms with Gasteiger partial charge in [-0.3, -0.25) is 19.8 Å². The lowest BCUT2D eigenvalue weighted by Gasteiger charge is -2.43. The fourth-order valence-electron chi connectivity index (χ4n) is 5.53. The van der Waals surface area contributed by atoms with Crippen LogP contribution in [0.3, 0.4) is 0 Å². The number of amides is 3. The maximum Gasteiger partial charge on any atom is 0.409 e. The van der Waals surface area contributed by atoms with E-state index in [-0.39, 0.29) is 36.3 Å². The zero-order valence-corrected chi connectivity index (χ0v) is 27.0. The van der Waals surface area contributed by atoms with Crippen molar-refractivity contribution in [2.45, 2.75) is 69.1 Å². The van der Waals surface area contributed by atoms with E-state index in [2.05, 4.69) is 90.5 Å². The molecule has 0 saturated carbocycles. The molecular formula is C33H39BrN2O5Si. The lowest BCUT2D eigenvalue weighted by Crippen LogP contribution is -2.66. The molecule has 0 spiro atoms. The third-order valence-electron chi connectivity index (χ3n) is 7.55. The van der Waals surface area contributed by atoms with Gasteiger partial charge in [0.25, 0.3) is 8.32 Å². The quantitative estimate of drug-likeness (QED) is 0.121. The van der Waals surface area contributed by atoms with E-state index in [9.17, 15) is 14.4 Å². The van der Waals surface area contributed by atoms with Crippen LogP contribution in [0.25, 0.3) is 0 Å². The second kappa shape index (κ2) is 14.3. The Bertz CT molecular complexity index is 1280. The number of alkyl halides is 1. The number of hydrogen-bond acceptors (Lipinski definition) is 5. The molecule has 1 fully saturated rings. The number of rotatable bonds is 12. The molecule has 7 nitrogen and oxygen atoms in total. The molecule has 4 rings (SSSR count). The van der Waals surface area contributed by atoms with Crippen molar-refractivity contribution in [2.75, 3.05) is 6.61 Å². The summed E-state index contributed by atoms with van der Waals surface area (Å²) < 4.78 is 12.4. The van der Waals surface area contributed by atoms with Crippen LogP contribution in [0.1, 0.15) is 52.0 Å². The lowest BCUT2D eigenvalue weighted by atomic mass is 10.2. The number of imide groups is 1. The predicted molar refractivity (Wildman–Crippen MR) is 170 cm³/mol. The van der Waals surface area contributed by atoms with Crippen LogP contribution in [0.2, 0.25) is 5.04 Å². The fourth-order valence-corrected chi connectivity index (χ4v) is 10.8. The molecular weight excluding hydrogens is 612 g/mol. The second-order valence-corrected chi connectivity index (χ2v) is 17.0. The van der Waals surface area contributed by atoms with Crippen LogP contribution in [-0.2, 0) is 25.4 Å². The molecule has 3 aromatic rings. The van der Waals surface area contributed by atoms with Crippen molar-refractivity contribution < 1.29 is 23.5 Å². The minimum atomic E-state index is -2.69. The first-order chi connectivity index (χ1) is 20.1. The van der Waals surface area contributed by atoms with Crippen LogP contribution in [0.5, 0.6) is 0 Å². The van der Waals surface area contributed by atoms with Crippen LogP contribution in [0.15, 0.2) is 91.0 Å². The van der Waals surface area contributed by atoms with Crippen molar-refractivity contribution in [3.8, 4) is 0 Å². The Balaban J connectivity index is 1.47. The van der Waals surface area contributed by atoms with Gasteiger partial charge in [0.05, 0.1) is 4.83 Å². The molecule has 3 aromatic carbocycles. The van der Waals surface area contributed by atoms with E-state index in [4.69, 9.17) is 9.16 Å². The average Bonchev–Trinajstić information content (AvgIpc) is 3.32. The van der Waals surface area contributed by atoms with Gasteiger partial charge in [0, 0.05) is 19.4 Å². The molecule has 1 N–H and O–H groups in total. The number of halogens is 1. The SMILES string of the molecule is CC(C)(C)[Si](OCCC[C@H](Br)[C@H](NC(=O)OCc1ccccc1)N1C(=O)CCC1=O)(c1ccccc1)c1ccccc1. The minimum absolute atomic E-state index is 0.0839. The number of carbonyl (C=O) groups is 3. The zero-order valence-electron chi connectivity index (χ0n) is 24.4. The zero-order chi connectivity index (χ0) is 30.2. The van der Waals surface area contributed by atoms with Gasteiger partial charge in [-0.05, 0) is 33.8 Å². The lowest BCUT2D eigenvalue weighted by molar-refractivity contribution is -0.141. The molecule has 0 bridgehead atoms. The molecule has 1 aliphatic heterocycles. The van der Waals surface area contributed by atoms with E-state index in [1.807, 2.05) is 42.5 Å². The molecule has 0 aliphatic carbocycles. The summed E-state index contributed by atoms with van der Waals surface area (Å²) in [4.78, 5) is 38.8. The first-order valence-electron chi connectivity index (χ1n) is 14.3. The summed E-state index contributed by atoms with van der Waals surface area (Å²) in [7, 11) is -2.69. The molecule has 0 aromatic heterocycles. The maximum atomic E-state index is 12.8. The number of carbonyl (C=O) groups excluding carboxylic acids is 3. The van der Waals surface area contributed by atoms with Gasteiger partial charge in [-0.2, -0.15) is 0 Å². The Kier molecular flexibility index (Phi) is 10.8. The normalized spacial score (nSPS) is 15.4. The maximum absolute atomic E-state index is 12.8. The van der Waals surface area contributed by atoms with E-state index >= 15 is 0 Å². The summed E-state index contributed by atoms with van der Waals surface area (Å²) in [5.74, 6) is -0.609. The Hall–Kier alpha value is -3.27. The Morgan fingerprint density at radius 3 is 1.88 bits per heavy atom. The molecule has 3 amide bonds. The largest absolute Gasteiger partial charge is 0.445 e. The fraction of sp³-hybridized carbons (Fsp3) is 0.364. The van der Waals surface area contributed by atoms with Crippen molar-refractivity contribution in [1.29, 1.82) is 0 Å². The highest BCUT2D eigenvalue weighted by molar-refractivity contribution is 9.09. The number of hydrogen-bond donors (Lipinski definition) is 1. The third kappa shape index (κ3) is 7.38. The summed E-state index contributed by atoms with van der Waals surface area (Å²) in [6.07, 6.45) is -0.0975. The highest BCUT2D eigenvalue weighted by Crippen LogP contribution is 2.37. The van der Waals surface area contributed by atoms with Gasteiger partial charge in [0.2, 0.25) is 11.8 Å². The molecule has 1 aliphatic rings. The van der Waals surface area contributed by atoms with Gasteiger partial charge >= 0.3 is 6.09 Å². The highest BCUT2D eigenvalue weighted by atomic mass is 79.9.